The van der Waals surface area contributed by atoms with Crippen molar-refractivity contribution in [1.29, 1.82) is 0 Å². The fraction of sp³-hybridized carbons (Fsp3) is 0. The van der Waals surface area contributed by atoms with Gasteiger partial charge in [-0.25, -0.2) is 9.13 Å². The Labute approximate surface area is 233 Å². The predicted octanol–water partition coefficient (Wildman–Crippen LogP) is -4.05. The van der Waals surface area contributed by atoms with Gasteiger partial charge in [0, 0.05) is 0 Å². The van der Waals surface area contributed by atoms with Gasteiger partial charge in [0.2, 0.25) is 0 Å². The maximum absolute atomic E-state index is 9.63. The van der Waals surface area contributed by atoms with Gasteiger partial charge in [-0.2, -0.15) is 4.31 Å². The van der Waals surface area contributed by atoms with Crippen LogP contribution in [0.5, 0.6) is 0 Å². The van der Waals surface area contributed by atoms with Gasteiger partial charge in [-0.15, -0.1) is 0 Å². The van der Waals surface area contributed by atoms with E-state index in [0.717, 1.165) is 0 Å². The number of hydrogen-bond donors (Lipinski definition) is 4. The molecule has 0 bridgehead atoms. The molecular formula is H9K2Na3O7P2. The minimum absolute atomic E-state index is 0. The molecule has 14 heavy (non-hydrogen) atoms. The Morgan fingerprint density at radius 3 is 0.857 bits per heavy atom. The zero-order valence-corrected chi connectivity index (χ0v) is 5.70. The molecule has 0 saturated carbocycles. The molecule has 14 heteroatoms. The van der Waals surface area contributed by atoms with Crippen LogP contribution in [0.15, 0.2) is 0 Å². The predicted molar refractivity (Wildman–Crippen MR) is 60.9 cm³/mol. The molecular weight excluding hydrogens is 321 g/mol. The van der Waals surface area contributed by atoms with Crippen molar-refractivity contribution in [3.05, 3.63) is 0 Å². The molecule has 0 aromatic rings. The summed E-state index contributed by atoms with van der Waals surface area (Å²) in [7, 11) is -10.1. The monoisotopic (exact) mass is 330 g/mol. The van der Waals surface area contributed by atoms with Crippen LogP contribution in [-0.2, 0) is 13.4 Å². The van der Waals surface area contributed by atoms with Gasteiger partial charge in [-0.05, 0) is 0 Å². The van der Waals surface area contributed by atoms with Crippen molar-refractivity contribution >= 4 is 207 Å². The van der Waals surface area contributed by atoms with Crippen molar-refractivity contribution < 1.29 is 33.0 Å². The van der Waals surface area contributed by atoms with Gasteiger partial charge >= 0.3 is 207 Å². The Morgan fingerprint density at radius 1 is 0.714 bits per heavy atom. The molecule has 0 atom stereocenters. The molecule has 0 spiro atoms. The Hall–Kier alpha value is 6.53. The molecule has 0 saturated heterocycles. The maximum atomic E-state index is 9.63. The first kappa shape index (κ1) is 37.1. The van der Waals surface area contributed by atoms with Crippen molar-refractivity contribution in [2.24, 2.45) is 0 Å². The second-order valence-corrected chi connectivity index (χ2v) is 3.68. The summed E-state index contributed by atoms with van der Waals surface area (Å²) < 4.78 is 22.2. The van der Waals surface area contributed by atoms with Crippen LogP contribution in [0.4, 0.5) is 0 Å². The van der Waals surface area contributed by atoms with E-state index in [9.17, 15) is 9.13 Å². The van der Waals surface area contributed by atoms with Crippen LogP contribution in [-0.4, -0.2) is 211 Å². The van der Waals surface area contributed by atoms with Gasteiger partial charge in [0.15, 0.2) is 0 Å². The third-order valence-corrected chi connectivity index (χ3v) is 1.91. The zero-order chi connectivity index (χ0) is 7.71. The first-order chi connectivity index (χ1) is 3.71. The van der Waals surface area contributed by atoms with E-state index in [2.05, 4.69) is 4.31 Å². The first-order valence-corrected chi connectivity index (χ1v) is 4.59. The van der Waals surface area contributed by atoms with Crippen molar-refractivity contribution in [2.75, 3.05) is 0 Å². The average Bonchev–Trinajstić information content (AvgIpc) is 1.14. The summed E-state index contributed by atoms with van der Waals surface area (Å²) in [5, 5.41) is 0. The fourth-order valence-electron chi connectivity index (χ4n) is 0.139. The van der Waals surface area contributed by atoms with Crippen LogP contribution in [0.25, 0.3) is 0 Å². The van der Waals surface area contributed by atoms with Gasteiger partial charge in [0.05, 0.1) is 0 Å². The van der Waals surface area contributed by atoms with Gasteiger partial charge in [0.25, 0.3) is 0 Å². The van der Waals surface area contributed by atoms with Crippen LogP contribution in [0.1, 0.15) is 0 Å². The zero-order valence-electron chi connectivity index (χ0n) is 3.91. The topological polar surface area (TPSA) is 124 Å². The Bertz CT molecular complexity index is 165. The first-order valence-electron chi connectivity index (χ1n) is 1.53. The Balaban J connectivity index is -0.0000000320. The van der Waals surface area contributed by atoms with Gasteiger partial charge in [0.1, 0.15) is 0 Å². The molecule has 0 heterocycles. The molecule has 7 nitrogen and oxygen atoms in total. The van der Waals surface area contributed by atoms with Gasteiger partial charge < -0.3 is 19.6 Å². The van der Waals surface area contributed by atoms with Crippen molar-refractivity contribution in [2.45, 2.75) is 0 Å². The third-order valence-electron chi connectivity index (χ3n) is 0.213. The van der Waals surface area contributed by atoms with E-state index < -0.39 is 15.6 Å². The van der Waals surface area contributed by atoms with Crippen LogP contribution in [0.2, 0.25) is 0 Å². The summed E-state index contributed by atoms with van der Waals surface area (Å²) in [6, 6.07) is 0. The van der Waals surface area contributed by atoms with Crippen LogP contribution in [0.3, 0.4) is 0 Å². The molecule has 0 aromatic heterocycles. The molecule has 0 aliphatic rings. The second-order valence-electron chi connectivity index (χ2n) is 1.06. The minimum atomic E-state index is -5.05. The third kappa shape index (κ3) is 36.3. The molecule has 4 N–H and O–H groups in total. The summed E-state index contributed by atoms with van der Waals surface area (Å²) in [6.45, 7) is 0. The molecule has 0 amide bonds. The molecule has 0 fully saturated rings. The van der Waals surface area contributed by atoms with E-state index in [1.807, 2.05) is 0 Å². The van der Waals surface area contributed by atoms with Crippen LogP contribution in [0, 0.1) is 0 Å². The molecule has 0 rings (SSSR count). The number of rotatable bonds is 2. The quantitative estimate of drug-likeness (QED) is 0.300. The van der Waals surface area contributed by atoms with Crippen molar-refractivity contribution in [3.8, 4) is 0 Å². The van der Waals surface area contributed by atoms with E-state index in [4.69, 9.17) is 19.6 Å². The van der Waals surface area contributed by atoms with E-state index in [0.29, 0.717) is 0 Å². The van der Waals surface area contributed by atoms with Crippen LogP contribution >= 0.6 is 15.6 Å². The van der Waals surface area contributed by atoms with Gasteiger partial charge in [-0.1, -0.05) is 0 Å². The fourth-order valence-corrected chi connectivity index (χ4v) is 1.25. The number of hydrogen-bond acceptors (Lipinski definition) is 3. The van der Waals surface area contributed by atoms with Crippen molar-refractivity contribution in [1.82, 2.24) is 0 Å². The molecule has 0 aliphatic heterocycles. The van der Waals surface area contributed by atoms with E-state index in [1.54, 1.807) is 0 Å². The molecule has 0 radical (unpaired) electrons. The van der Waals surface area contributed by atoms with Crippen LogP contribution < -0.4 is 0 Å². The number of phosphoric acid groups is 2. The molecule has 0 aromatic carbocycles. The average molecular weight is 330 g/mol. The SMILES string of the molecule is O=P(O)(O)OP(=O)(O)O.[KH].[KH].[NaH].[NaH].[NaH]. The second kappa shape index (κ2) is 17.6. The molecule has 0 unspecified atom stereocenters. The molecule has 66 valence electrons. The molecule has 0 aliphatic carbocycles. The summed E-state index contributed by atoms with van der Waals surface area (Å²) in [4.78, 5) is 31.0. The van der Waals surface area contributed by atoms with E-state index >= 15 is 0 Å². The summed E-state index contributed by atoms with van der Waals surface area (Å²) in [6.07, 6.45) is 0. The summed E-state index contributed by atoms with van der Waals surface area (Å²) in [5.41, 5.74) is 0. The normalized spacial score (nSPS) is 8.86. The summed E-state index contributed by atoms with van der Waals surface area (Å²) >= 11 is 0. The van der Waals surface area contributed by atoms with E-state index in [-0.39, 0.29) is 191 Å². The Morgan fingerprint density at radius 2 is 0.857 bits per heavy atom. The summed E-state index contributed by atoms with van der Waals surface area (Å²) in [5.74, 6) is 0. The van der Waals surface area contributed by atoms with Gasteiger partial charge in [-0.3, -0.25) is 0 Å². The van der Waals surface area contributed by atoms with Crippen molar-refractivity contribution in [3.63, 3.8) is 0 Å². The van der Waals surface area contributed by atoms with E-state index in [1.165, 1.54) is 0 Å². The standard InChI is InChI=1S/2K.3Na.H4O7P2.5H/c;;;;;1-8(2,3)7-9(4,5)6;;;;;/h;;;;;(H2,1,2,3)(H2,4,5,6);;;;;. The Kier molecular flexibility index (Phi) is 46.6.